The van der Waals surface area contributed by atoms with Crippen LogP contribution in [-0.2, 0) is 0 Å². The highest BCUT2D eigenvalue weighted by Gasteiger charge is 2.27. The average molecular weight is 264 g/mol. The molecule has 1 aromatic rings. The van der Waals surface area contributed by atoms with E-state index >= 15 is 0 Å². The second-order valence-electron chi connectivity index (χ2n) is 4.62. The molecule has 1 fully saturated rings. The number of piperidine rings is 1. The molecule has 18 heavy (non-hydrogen) atoms. The van der Waals surface area contributed by atoms with Crippen LogP contribution in [0.4, 0.5) is 0 Å². The number of aromatic nitrogens is 1. The largest absolute Gasteiger partial charge is 0.336 e. The Balaban J connectivity index is 2.24. The maximum absolute atomic E-state index is 12.6. The Kier molecular flexibility index (Phi) is 4.64. The van der Waals surface area contributed by atoms with Crippen LogP contribution >= 0.6 is 11.8 Å². The van der Waals surface area contributed by atoms with Gasteiger partial charge in [-0.2, -0.15) is 0 Å². The lowest BCUT2D eigenvalue weighted by molar-refractivity contribution is 0.0603. The van der Waals surface area contributed by atoms with Gasteiger partial charge in [-0.25, -0.2) is 4.98 Å². The number of carbonyl (C=O) groups is 1. The maximum Gasteiger partial charge on any atom is 0.256 e. The van der Waals surface area contributed by atoms with Crippen LogP contribution in [0.25, 0.3) is 0 Å². The van der Waals surface area contributed by atoms with Crippen LogP contribution in [0.5, 0.6) is 0 Å². The van der Waals surface area contributed by atoms with Crippen LogP contribution in [0, 0.1) is 0 Å². The van der Waals surface area contributed by atoms with Gasteiger partial charge >= 0.3 is 0 Å². The van der Waals surface area contributed by atoms with Gasteiger partial charge in [-0.05, 0) is 44.1 Å². The van der Waals surface area contributed by atoms with Crippen LogP contribution in [0.3, 0.4) is 0 Å². The minimum atomic E-state index is 0.152. The predicted octanol–water partition coefficient (Wildman–Crippen LogP) is 3.21. The molecule has 1 saturated heterocycles. The smallest absolute Gasteiger partial charge is 0.256 e. The Morgan fingerprint density at radius 3 is 3.11 bits per heavy atom. The molecule has 0 aliphatic carbocycles. The van der Waals surface area contributed by atoms with Gasteiger partial charge in [0.1, 0.15) is 5.03 Å². The number of amides is 1. The van der Waals surface area contributed by atoms with Crippen LogP contribution in [0.2, 0.25) is 0 Å². The van der Waals surface area contributed by atoms with Gasteiger partial charge in [0.15, 0.2) is 0 Å². The molecule has 98 valence electrons. The van der Waals surface area contributed by atoms with E-state index in [-0.39, 0.29) is 5.91 Å². The first-order valence-corrected chi connectivity index (χ1v) is 7.80. The molecule has 4 heteroatoms. The average Bonchev–Trinajstić information content (AvgIpc) is 2.46. The summed E-state index contributed by atoms with van der Waals surface area (Å²) in [5.74, 6) is 0.152. The molecule has 2 rings (SSSR count). The highest BCUT2D eigenvalue weighted by atomic mass is 32.2. The van der Waals surface area contributed by atoms with Gasteiger partial charge in [-0.1, -0.05) is 6.92 Å². The Morgan fingerprint density at radius 1 is 1.56 bits per heavy atom. The monoisotopic (exact) mass is 264 g/mol. The van der Waals surface area contributed by atoms with Gasteiger partial charge in [-0.15, -0.1) is 11.8 Å². The first kappa shape index (κ1) is 13.4. The quantitative estimate of drug-likeness (QED) is 0.786. The Morgan fingerprint density at radius 2 is 2.39 bits per heavy atom. The van der Waals surface area contributed by atoms with Crippen molar-refractivity contribution >= 4 is 17.7 Å². The Bertz CT molecular complexity index is 422. The third-order valence-electron chi connectivity index (χ3n) is 3.55. The summed E-state index contributed by atoms with van der Waals surface area (Å²) in [5, 5.41) is 0.836. The summed E-state index contributed by atoms with van der Waals surface area (Å²) in [6.45, 7) is 3.05. The Labute approximate surface area is 113 Å². The number of thioether (sulfide) groups is 1. The van der Waals surface area contributed by atoms with E-state index in [4.69, 9.17) is 0 Å². The zero-order valence-electron chi connectivity index (χ0n) is 11.1. The second-order valence-corrected chi connectivity index (χ2v) is 5.41. The summed E-state index contributed by atoms with van der Waals surface area (Å²) in [4.78, 5) is 18.9. The van der Waals surface area contributed by atoms with Crippen molar-refractivity contribution in [1.29, 1.82) is 0 Å². The van der Waals surface area contributed by atoms with Crippen molar-refractivity contribution < 1.29 is 4.79 Å². The number of carbonyl (C=O) groups excluding carboxylic acids is 1. The molecule has 1 aliphatic rings. The zero-order valence-corrected chi connectivity index (χ0v) is 11.9. The fourth-order valence-corrected chi connectivity index (χ4v) is 3.10. The number of hydrogen-bond donors (Lipinski definition) is 0. The summed E-state index contributed by atoms with van der Waals surface area (Å²) in [7, 11) is 0. The molecule has 0 N–H and O–H groups in total. The van der Waals surface area contributed by atoms with Gasteiger partial charge < -0.3 is 4.90 Å². The third kappa shape index (κ3) is 2.69. The molecule has 1 unspecified atom stereocenters. The van der Waals surface area contributed by atoms with Crippen molar-refractivity contribution in [2.45, 2.75) is 43.7 Å². The van der Waals surface area contributed by atoms with E-state index in [1.807, 2.05) is 23.3 Å². The van der Waals surface area contributed by atoms with Gasteiger partial charge in [0, 0.05) is 18.8 Å². The lowest BCUT2D eigenvalue weighted by atomic mass is 9.99. The number of pyridine rings is 1. The van der Waals surface area contributed by atoms with Crippen molar-refractivity contribution in [2.75, 3.05) is 12.8 Å². The first-order valence-electron chi connectivity index (χ1n) is 6.58. The minimum Gasteiger partial charge on any atom is -0.336 e. The third-order valence-corrected chi connectivity index (χ3v) is 4.27. The molecule has 0 aromatic carbocycles. The Hall–Kier alpha value is -1.03. The van der Waals surface area contributed by atoms with Gasteiger partial charge in [-0.3, -0.25) is 4.79 Å². The minimum absolute atomic E-state index is 0.152. The van der Waals surface area contributed by atoms with Crippen LogP contribution in [0.1, 0.15) is 43.0 Å². The second kappa shape index (κ2) is 6.23. The molecule has 1 amide bonds. The summed E-state index contributed by atoms with van der Waals surface area (Å²) >= 11 is 1.54. The van der Waals surface area contributed by atoms with E-state index in [9.17, 15) is 4.79 Å². The van der Waals surface area contributed by atoms with Crippen molar-refractivity contribution in [3.05, 3.63) is 23.9 Å². The predicted molar refractivity (Wildman–Crippen MR) is 75.0 cm³/mol. The van der Waals surface area contributed by atoms with Gasteiger partial charge in [0.25, 0.3) is 5.91 Å². The number of nitrogens with zero attached hydrogens (tertiary/aromatic N) is 2. The molecular weight excluding hydrogens is 244 g/mol. The van der Waals surface area contributed by atoms with E-state index in [1.54, 1.807) is 6.20 Å². The van der Waals surface area contributed by atoms with E-state index in [1.165, 1.54) is 18.2 Å². The lowest BCUT2D eigenvalue weighted by Crippen LogP contribution is -2.43. The lowest BCUT2D eigenvalue weighted by Gasteiger charge is -2.35. The van der Waals surface area contributed by atoms with Gasteiger partial charge in [0.2, 0.25) is 0 Å². The van der Waals surface area contributed by atoms with Crippen LogP contribution in [0.15, 0.2) is 23.4 Å². The molecule has 1 aliphatic heterocycles. The molecule has 1 atom stereocenters. The standard InChI is InChI=1S/C14H20N2OS/c1-3-11-7-4-5-10-16(11)14(17)12-8-6-9-15-13(12)18-2/h6,8-9,11H,3-5,7,10H2,1-2H3. The fraction of sp³-hybridized carbons (Fsp3) is 0.571. The first-order chi connectivity index (χ1) is 8.77. The molecule has 0 saturated carbocycles. The number of likely N-dealkylation sites (tertiary alicyclic amines) is 1. The highest BCUT2D eigenvalue weighted by Crippen LogP contribution is 2.24. The summed E-state index contributed by atoms with van der Waals surface area (Å²) < 4.78 is 0. The normalized spacial score (nSPS) is 19.9. The molecule has 0 spiro atoms. The van der Waals surface area contributed by atoms with Gasteiger partial charge in [0.05, 0.1) is 5.56 Å². The summed E-state index contributed by atoms with van der Waals surface area (Å²) in [6, 6.07) is 4.14. The SMILES string of the molecule is CCC1CCCCN1C(=O)c1cccnc1SC. The highest BCUT2D eigenvalue weighted by molar-refractivity contribution is 7.98. The molecule has 2 heterocycles. The number of hydrogen-bond acceptors (Lipinski definition) is 3. The topological polar surface area (TPSA) is 33.2 Å². The van der Waals surface area contributed by atoms with Crippen molar-refractivity contribution in [3.63, 3.8) is 0 Å². The molecule has 3 nitrogen and oxygen atoms in total. The van der Waals surface area contributed by atoms with Crippen molar-refractivity contribution in [3.8, 4) is 0 Å². The summed E-state index contributed by atoms with van der Waals surface area (Å²) in [6.07, 6.45) is 8.25. The summed E-state index contributed by atoms with van der Waals surface area (Å²) in [5.41, 5.74) is 0.755. The molecular formula is C14H20N2OS. The van der Waals surface area contributed by atoms with E-state index < -0.39 is 0 Å². The van der Waals surface area contributed by atoms with Crippen molar-refractivity contribution in [1.82, 2.24) is 9.88 Å². The van der Waals surface area contributed by atoms with E-state index in [2.05, 4.69) is 11.9 Å². The van der Waals surface area contributed by atoms with Crippen molar-refractivity contribution in [2.24, 2.45) is 0 Å². The van der Waals surface area contributed by atoms with Crippen LogP contribution < -0.4 is 0 Å². The maximum atomic E-state index is 12.6. The van der Waals surface area contributed by atoms with Crippen LogP contribution in [-0.4, -0.2) is 34.6 Å². The fourth-order valence-electron chi connectivity index (χ4n) is 2.56. The zero-order chi connectivity index (χ0) is 13.0. The van der Waals surface area contributed by atoms with E-state index in [0.717, 1.165) is 36.4 Å². The molecule has 0 radical (unpaired) electrons. The molecule has 0 bridgehead atoms. The molecule has 1 aromatic heterocycles. The van der Waals surface area contributed by atoms with E-state index in [0.29, 0.717) is 6.04 Å². The number of rotatable bonds is 3.